The molecule has 0 atom stereocenters. The average Bonchev–Trinajstić information content (AvgIpc) is 2.62. The van der Waals surface area contributed by atoms with Crippen LogP contribution < -0.4 is 10.6 Å². The van der Waals surface area contributed by atoms with Crippen LogP contribution in [-0.4, -0.2) is 23.0 Å². The zero-order valence-corrected chi connectivity index (χ0v) is 15.0. The maximum Gasteiger partial charge on any atom is 0.141 e. The Morgan fingerprint density at radius 3 is 2.88 bits per heavy atom. The normalized spacial score (nSPS) is 12.8. The van der Waals surface area contributed by atoms with Crippen molar-refractivity contribution in [3.8, 4) is 0 Å². The van der Waals surface area contributed by atoms with Crippen LogP contribution in [0, 0.1) is 5.82 Å². The first-order valence-electron chi connectivity index (χ1n) is 8.40. The zero-order valence-electron chi connectivity index (χ0n) is 14.3. The van der Waals surface area contributed by atoms with Gasteiger partial charge in [-0.25, -0.2) is 9.37 Å². The van der Waals surface area contributed by atoms with Gasteiger partial charge in [-0.2, -0.15) is 0 Å². The highest BCUT2D eigenvalue weighted by molar-refractivity contribution is 6.30. The van der Waals surface area contributed by atoms with E-state index in [-0.39, 0.29) is 12.4 Å². The number of benzene rings is 1. The highest BCUT2D eigenvalue weighted by Gasteiger charge is 2.18. The molecule has 1 aliphatic heterocycles. The monoisotopic (exact) mass is 376 g/mol. The third-order valence-electron chi connectivity index (χ3n) is 4.32. The predicted molar refractivity (Wildman–Crippen MR) is 107 cm³/mol. The van der Waals surface area contributed by atoms with Crippen molar-refractivity contribution in [2.24, 2.45) is 0 Å². The second kappa shape index (κ2) is 8.90. The maximum absolute atomic E-state index is 13.2. The van der Waals surface area contributed by atoms with Crippen molar-refractivity contribution in [2.75, 3.05) is 18.4 Å². The molecule has 0 spiro atoms. The van der Waals surface area contributed by atoms with Crippen LogP contribution in [0.25, 0.3) is 0 Å². The zero-order chi connectivity index (χ0) is 17.8. The Morgan fingerprint density at radius 1 is 1.35 bits per heavy atom. The van der Waals surface area contributed by atoms with Crippen LogP contribution in [0.5, 0.6) is 0 Å². The molecule has 6 heteroatoms. The van der Waals surface area contributed by atoms with Gasteiger partial charge in [-0.1, -0.05) is 31.7 Å². The highest BCUT2D eigenvalue weighted by Crippen LogP contribution is 2.23. The Labute approximate surface area is 160 Å². The topological polar surface area (TPSA) is 40.2 Å². The maximum atomic E-state index is 13.2. The molecule has 0 unspecified atom stereocenters. The molecule has 3 rings (SSSR count). The molecule has 0 aliphatic carbocycles. The smallest absolute Gasteiger partial charge is 0.141 e. The molecule has 2 N–H and O–H groups in total. The van der Waals surface area contributed by atoms with Crippen LogP contribution in [0.1, 0.15) is 31.0 Å². The molecule has 1 aromatic heterocycles. The first-order chi connectivity index (χ1) is 12.1. The van der Waals surface area contributed by atoms with E-state index in [9.17, 15) is 4.39 Å². The van der Waals surface area contributed by atoms with Gasteiger partial charge in [-0.3, -0.25) is 0 Å². The highest BCUT2D eigenvalue weighted by atomic mass is 35.5. The summed E-state index contributed by atoms with van der Waals surface area (Å²) in [6.45, 7) is 9.30. The van der Waals surface area contributed by atoms with Gasteiger partial charge in [0.25, 0.3) is 0 Å². The van der Waals surface area contributed by atoms with Gasteiger partial charge < -0.3 is 15.5 Å². The lowest BCUT2D eigenvalue weighted by atomic mass is 10.0. The Morgan fingerprint density at radius 2 is 2.15 bits per heavy atom. The fraction of sp³-hybridized carbons (Fsp3) is 0.350. The van der Waals surface area contributed by atoms with E-state index in [2.05, 4.69) is 40.1 Å². The van der Waals surface area contributed by atoms with Crippen molar-refractivity contribution < 1.29 is 4.39 Å². The summed E-state index contributed by atoms with van der Waals surface area (Å²) in [4.78, 5) is 6.64. The van der Waals surface area contributed by atoms with E-state index >= 15 is 0 Å². The number of aromatic nitrogens is 1. The van der Waals surface area contributed by atoms with E-state index in [0.717, 1.165) is 43.3 Å². The second-order valence-electron chi connectivity index (χ2n) is 6.09. The minimum absolute atomic E-state index is 0. The van der Waals surface area contributed by atoms with E-state index in [1.165, 1.54) is 17.2 Å². The summed E-state index contributed by atoms with van der Waals surface area (Å²) in [5.74, 6) is 1.36. The molecule has 2 heterocycles. The van der Waals surface area contributed by atoms with E-state index < -0.39 is 5.82 Å². The number of fused-ring (bicyclic) bond motifs is 1. The minimum atomic E-state index is -0.401. The van der Waals surface area contributed by atoms with E-state index in [4.69, 9.17) is 11.6 Å². The van der Waals surface area contributed by atoms with Crippen molar-refractivity contribution in [1.29, 1.82) is 0 Å². The van der Waals surface area contributed by atoms with Gasteiger partial charge in [0, 0.05) is 32.4 Å². The molecule has 26 heavy (non-hydrogen) atoms. The lowest BCUT2D eigenvalue weighted by molar-refractivity contribution is 0.299. The molecule has 0 radical (unpaired) electrons. The molecule has 2 aromatic rings. The van der Waals surface area contributed by atoms with Crippen molar-refractivity contribution in [3.05, 3.63) is 70.4 Å². The Kier molecular flexibility index (Phi) is 6.86. The van der Waals surface area contributed by atoms with Crippen molar-refractivity contribution >= 4 is 17.4 Å². The van der Waals surface area contributed by atoms with Crippen LogP contribution in [0.2, 0.25) is 5.02 Å². The number of hydrogen-bond donors (Lipinski definition) is 2. The third-order valence-corrected chi connectivity index (χ3v) is 4.60. The van der Waals surface area contributed by atoms with Crippen LogP contribution >= 0.6 is 11.6 Å². The third kappa shape index (κ3) is 4.67. The molecule has 1 aliphatic rings. The summed E-state index contributed by atoms with van der Waals surface area (Å²) in [6.07, 6.45) is 2.90. The summed E-state index contributed by atoms with van der Waals surface area (Å²) < 4.78 is 13.2. The number of anilines is 1. The van der Waals surface area contributed by atoms with E-state index in [1.54, 1.807) is 12.1 Å². The molecular formula is C20H26ClFN4. The fourth-order valence-corrected chi connectivity index (χ4v) is 3.11. The van der Waals surface area contributed by atoms with E-state index in [1.807, 2.05) is 6.20 Å². The first-order valence-corrected chi connectivity index (χ1v) is 8.78. The summed E-state index contributed by atoms with van der Waals surface area (Å²) >= 11 is 5.83. The molecule has 0 amide bonds. The van der Waals surface area contributed by atoms with Gasteiger partial charge in [0.15, 0.2) is 0 Å². The van der Waals surface area contributed by atoms with Crippen LogP contribution in [0.3, 0.4) is 0 Å². The van der Waals surface area contributed by atoms with Crippen molar-refractivity contribution in [2.45, 2.75) is 33.9 Å². The van der Waals surface area contributed by atoms with Crippen LogP contribution in [0.15, 0.2) is 42.9 Å². The number of hydrogen-bond acceptors (Lipinski definition) is 4. The van der Waals surface area contributed by atoms with Gasteiger partial charge in [0.1, 0.15) is 11.6 Å². The molecule has 4 nitrogen and oxygen atoms in total. The lowest BCUT2D eigenvalue weighted by Gasteiger charge is -2.32. The number of rotatable bonds is 6. The Hall–Kier alpha value is -2.27. The molecule has 140 valence electrons. The predicted octanol–water partition coefficient (Wildman–Crippen LogP) is 4.56. The lowest BCUT2D eigenvalue weighted by Crippen LogP contribution is -2.35. The van der Waals surface area contributed by atoms with Gasteiger partial charge in [-0.05, 0) is 48.2 Å². The standard InChI is InChI=1S/C19H22ClFN4.CH4/c1-3-22-19-9-16-12-25(7-6-15(16)11-24-19)13(2)23-10-14-4-5-18(21)17(20)8-14;/h4-5,8-9,11,23H,2-3,6-7,10,12H2,1H3,(H,22,24);1H4. The second-order valence-corrected chi connectivity index (χ2v) is 6.50. The van der Waals surface area contributed by atoms with Gasteiger partial charge >= 0.3 is 0 Å². The largest absolute Gasteiger partial charge is 0.370 e. The first kappa shape index (κ1) is 20.0. The number of nitrogens with zero attached hydrogens (tertiary/aromatic N) is 2. The SMILES string of the molecule is C.C=C(NCc1ccc(F)c(Cl)c1)N1CCc2cnc(NCC)cc2C1. The molecule has 0 fully saturated rings. The summed E-state index contributed by atoms with van der Waals surface area (Å²) in [7, 11) is 0. The summed E-state index contributed by atoms with van der Waals surface area (Å²) in [6, 6.07) is 6.85. The van der Waals surface area contributed by atoms with Crippen molar-refractivity contribution in [1.82, 2.24) is 15.2 Å². The van der Waals surface area contributed by atoms with Crippen LogP contribution in [-0.2, 0) is 19.5 Å². The quantitative estimate of drug-likeness (QED) is 0.775. The molecular weight excluding hydrogens is 351 g/mol. The molecule has 0 saturated heterocycles. The van der Waals surface area contributed by atoms with E-state index in [0.29, 0.717) is 6.54 Å². The number of nitrogens with one attached hydrogen (secondary N) is 2. The summed E-state index contributed by atoms with van der Waals surface area (Å²) in [5.41, 5.74) is 3.48. The average molecular weight is 377 g/mol. The molecule has 0 saturated carbocycles. The summed E-state index contributed by atoms with van der Waals surface area (Å²) in [5, 5.41) is 6.69. The Bertz CT molecular complexity index is 778. The number of halogens is 2. The molecule has 1 aromatic carbocycles. The van der Waals surface area contributed by atoms with Gasteiger partial charge in [-0.15, -0.1) is 0 Å². The van der Waals surface area contributed by atoms with Crippen LogP contribution in [0.4, 0.5) is 10.2 Å². The Balaban J connectivity index is 0.00000243. The van der Waals surface area contributed by atoms with Gasteiger partial charge in [0.2, 0.25) is 0 Å². The van der Waals surface area contributed by atoms with Crippen molar-refractivity contribution in [3.63, 3.8) is 0 Å². The minimum Gasteiger partial charge on any atom is -0.370 e. The number of pyridine rings is 1. The molecule has 0 bridgehead atoms. The van der Waals surface area contributed by atoms with Gasteiger partial charge in [0.05, 0.1) is 10.8 Å². The fourth-order valence-electron chi connectivity index (χ4n) is 2.91.